The lowest BCUT2D eigenvalue weighted by atomic mass is 10.1. The van der Waals surface area contributed by atoms with E-state index in [1.807, 2.05) is 19.0 Å². The van der Waals surface area contributed by atoms with Crippen LogP contribution in [0.15, 0.2) is 0 Å². The molecule has 0 aliphatic carbocycles. The highest BCUT2D eigenvalue weighted by molar-refractivity contribution is 5.71. The molecule has 0 spiro atoms. The summed E-state index contributed by atoms with van der Waals surface area (Å²) in [6.07, 6.45) is 7.26. The second-order valence-electron chi connectivity index (χ2n) is 9.04. The highest BCUT2D eigenvalue weighted by atomic mass is 16.6. The number of carbonyl (C=O) groups is 5. The molecule has 0 amide bonds. The van der Waals surface area contributed by atoms with Crippen LogP contribution in [-0.2, 0) is 42.9 Å². The minimum atomic E-state index is -0.932. The van der Waals surface area contributed by atoms with E-state index in [4.69, 9.17) is 14.2 Å². The fourth-order valence-electron chi connectivity index (χ4n) is 3.39. The van der Waals surface area contributed by atoms with Gasteiger partial charge in [0, 0.05) is 25.7 Å². The van der Waals surface area contributed by atoms with E-state index in [9.17, 15) is 24.0 Å². The zero-order chi connectivity index (χ0) is 27.0. The molecule has 0 aromatic rings. The third kappa shape index (κ3) is 20.8. The average Bonchev–Trinajstić information content (AvgIpc) is 2.84. The first-order valence-electron chi connectivity index (χ1n) is 13.0. The van der Waals surface area contributed by atoms with Crippen molar-refractivity contribution in [2.45, 2.75) is 103 Å². The molecule has 10 heteroatoms. The molecule has 36 heavy (non-hydrogen) atoms. The minimum absolute atomic E-state index is 0.0716. The number of hydrogen-bond donors (Lipinski definition) is 0. The maximum absolute atomic E-state index is 12.3. The summed E-state index contributed by atoms with van der Waals surface area (Å²) in [4.78, 5) is 59.7. The van der Waals surface area contributed by atoms with Crippen molar-refractivity contribution in [3.63, 3.8) is 0 Å². The molecule has 0 rings (SSSR count). The van der Waals surface area contributed by atoms with Gasteiger partial charge < -0.3 is 28.6 Å². The van der Waals surface area contributed by atoms with Crippen molar-refractivity contribution < 1.29 is 42.9 Å². The fourth-order valence-corrected chi connectivity index (χ4v) is 3.39. The summed E-state index contributed by atoms with van der Waals surface area (Å²) in [6.45, 7) is 2.65. The van der Waals surface area contributed by atoms with Gasteiger partial charge in [-0.2, -0.15) is 0 Å². The molecule has 2 unspecified atom stereocenters. The molecule has 208 valence electrons. The predicted octanol–water partition coefficient (Wildman–Crippen LogP) is 3.38. The van der Waals surface area contributed by atoms with Crippen molar-refractivity contribution in [3.8, 4) is 0 Å². The molecular weight excluding hydrogens is 470 g/mol. The zero-order valence-electron chi connectivity index (χ0n) is 22.2. The summed E-state index contributed by atoms with van der Waals surface area (Å²) < 4.78 is 20.6. The summed E-state index contributed by atoms with van der Waals surface area (Å²) >= 11 is 0. The van der Waals surface area contributed by atoms with E-state index in [1.165, 1.54) is 6.42 Å². The number of unbranched alkanes of at least 4 members (excludes halogenated alkanes) is 5. The number of hydrogen-bond acceptors (Lipinski definition) is 10. The summed E-state index contributed by atoms with van der Waals surface area (Å²) in [5.74, 6) is -1.38. The fraction of sp³-hybridized carbons (Fsp3) is 0.808. The Morgan fingerprint density at radius 2 is 1.39 bits per heavy atom. The number of carbonyl (C=O) groups excluding carboxylic acids is 5. The Bertz CT molecular complexity index is 625. The lowest BCUT2D eigenvalue weighted by Crippen LogP contribution is -2.30. The molecule has 0 aliphatic heterocycles. The topological polar surface area (TPSA) is 126 Å². The van der Waals surface area contributed by atoms with Crippen LogP contribution in [0.5, 0.6) is 0 Å². The number of ether oxygens (including phenoxy) is 4. The number of esters is 3. The molecule has 0 radical (unpaired) electrons. The van der Waals surface area contributed by atoms with Crippen LogP contribution in [0.3, 0.4) is 0 Å². The van der Waals surface area contributed by atoms with E-state index < -0.39 is 24.1 Å². The van der Waals surface area contributed by atoms with Crippen molar-refractivity contribution in [1.82, 2.24) is 4.90 Å². The van der Waals surface area contributed by atoms with E-state index in [0.717, 1.165) is 44.9 Å². The first-order chi connectivity index (χ1) is 17.3. The Labute approximate surface area is 215 Å². The van der Waals surface area contributed by atoms with Crippen LogP contribution in [-0.4, -0.2) is 81.6 Å². The summed E-state index contributed by atoms with van der Waals surface area (Å²) in [6, 6.07) is 0. The van der Waals surface area contributed by atoms with Gasteiger partial charge in [-0.15, -0.1) is 0 Å². The number of aldehydes is 1. The Morgan fingerprint density at radius 1 is 0.750 bits per heavy atom. The minimum Gasteiger partial charge on any atom is -0.464 e. The lowest BCUT2D eigenvalue weighted by Gasteiger charge is -2.19. The molecule has 0 N–H and O–H groups in total. The van der Waals surface area contributed by atoms with Gasteiger partial charge in [-0.3, -0.25) is 19.2 Å². The Kier molecular flexibility index (Phi) is 21.4. The molecule has 0 fully saturated rings. The van der Waals surface area contributed by atoms with Crippen molar-refractivity contribution in [3.05, 3.63) is 0 Å². The number of rotatable bonds is 24. The van der Waals surface area contributed by atoms with Crippen molar-refractivity contribution >= 4 is 30.7 Å². The molecule has 2 atom stereocenters. The quantitative estimate of drug-likeness (QED) is 0.0817. The molecule has 0 aromatic carbocycles. The smallest absolute Gasteiger partial charge is 0.306 e. The van der Waals surface area contributed by atoms with Gasteiger partial charge in [0.1, 0.15) is 25.6 Å². The first kappa shape index (κ1) is 33.5. The van der Waals surface area contributed by atoms with Gasteiger partial charge in [0.15, 0.2) is 6.10 Å². The molecule has 0 aliphatic rings. The van der Waals surface area contributed by atoms with Crippen LogP contribution in [0.1, 0.15) is 90.4 Å². The second kappa shape index (κ2) is 22.9. The lowest BCUT2D eigenvalue weighted by molar-refractivity contribution is -0.165. The van der Waals surface area contributed by atoms with Gasteiger partial charge in [-0.25, -0.2) is 0 Å². The van der Waals surface area contributed by atoms with Crippen molar-refractivity contribution in [1.29, 1.82) is 0 Å². The van der Waals surface area contributed by atoms with E-state index >= 15 is 0 Å². The summed E-state index contributed by atoms with van der Waals surface area (Å²) in [5.41, 5.74) is 0. The molecule has 0 saturated heterocycles. The third-order valence-corrected chi connectivity index (χ3v) is 5.37. The van der Waals surface area contributed by atoms with Gasteiger partial charge in [0.05, 0.1) is 0 Å². The van der Waals surface area contributed by atoms with Gasteiger partial charge >= 0.3 is 17.9 Å². The SMILES string of the molecule is CCCCCCCCC(=O)OCC(COC=O)OC(=O)CCC(CCC=O)OC(=O)CCCN(C)C. The van der Waals surface area contributed by atoms with E-state index in [-0.39, 0.29) is 57.8 Å². The normalized spacial score (nSPS) is 12.4. The molecule has 0 bridgehead atoms. The van der Waals surface area contributed by atoms with Crippen LogP contribution in [0.25, 0.3) is 0 Å². The highest BCUT2D eigenvalue weighted by Gasteiger charge is 2.21. The molecular formula is C26H45NO9. The van der Waals surface area contributed by atoms with Crippen molar-refractivity contribution in [2.75, 3.05) is 33.9 Å². The highest BCUT2D eigenvalue weighted by Crippen LogP contribution is 2.13. The summed E-state index contributed by atoms with van der Waals surface area (Å²) in [7, 11) is 3.82. The third-order valence-electron chi connectivity index (χ3n) is 5.37. The van der Waals surface area contributed by atoms with Gasteiger partial charge in [0.25, 0.3) is 6.47 Å². The molecule has 0 aromatic heterocycles. The van der Waals surface area contributed by atoms with E-state index in [1.54, 1.807) is 0 Å². The largest absolute Gasteiger partial charge is 0.464 e. The van der Waals surface area contributed by atoms with Crippen LogP contribution < -0.4 is 0 Å². The Morgan fingerprint density at radius 3 is 2.06 bits per heavy atom. The van der Waals surface area contributed by atoms with E-state index in [0.29, 0.717) is 12.8 Å². The van der Waals surface area contributed by atoms with Crippen LogP contribution in [0.2, 0.25) is 0 Å². The van der Waals surface area contributed by atoms with Crippen molar-refractivity contribution in [2.24, 2.45) is 0 Å². The van der Waals surface area contributed by atoms with Gasteiger partial charge in [-0.05, 0) is 46.3 Å². The maximum Gasteiger partial charge on any atom is 0.306 e. The standard InChI is InChI=1S/C26H45NO9/c1-4-5-6-7-8-9-13-24(30)34-20-23(19-33-21-29)36-26(32)16-15-22(12-11-18-28)35-25(31)14-10-17-27(2)3/h18,21-23H,4-17,19-20H2,1-3H3. The van der Waals surface area contributed by atoms with Crippen LogP contribution >= 0.6 is 0 Å². The average molecular weight is 516 g/mol. The Balaban J connectivity index is 4.51. The van der Waals surface area contributed by atoms with E-state index in [2.05, 4.69) is 11.7 Å². The second-order valence-corrected chi connectivity index (χ2v) is 9.04. The molecule has 0 saturated carbocycles. The molecule has 10 nitrogen and oxygen atoms in total. The molecule has 0 heterocycles. The first-order valence-corrected chi connectivity index (χ1v) is 13.0. The van der Waals surface area contributed by atoms with Gasteiger partial charge in [-0.1, -0.05) is 39.0 Å². The zero-order valence-corrected chi connectivity index (χ0v) is 22.2. The predicted molar refractivity (Wildman–Crippen MR) is 133 cm³/mol. The van der Waals surface area contributed by atoms with Crippen LogP contribution in [0, 0.1) is 0 Å². The van der Waals surface area contributed by atoms with Gasteiger partial charge in [0.2, 0.25) is 0 Å². The number of nitrogens with zero attached hydrogens (tertiary/aromatic N) is 1. The monoisotopic (exact) mass is 515 g/mol. The van der Waals surface area contributed by atoms with Crippen LogP contribution in [0.4, 0.5) is 0 Å². The Hall–Kier alpha value is -2.49. The maximum atomic E-state index is 12.3. The summed E-state index contributed by atoms with van der Waals surface area (Å²) in [5, 5.41) is 0.